The third-order valence-electron chi connectivity index (χ3n) is 2.67. The van der Waals surface area contributed by atoms with Crippen molar-refractivity contribution in [3.63, 3.8) is 0 Å². The first kappa shape index (κ1) is 19.2. The molecule has 0 aliphatic carbocycles. The highest BCUT2D eigenvalue weighted by Crippen LogP contribution is 2.13. The van der Waals surface area contributed by atoms with E-state index in [0.717, 1.165) is 6.54 Å². The Balaban J connectivity index is 0.000000486. The molecule has 1 rings (SSSR count). The van der Waals surface area contributed by atoms with Crippen LogP contribution in [0.1, 0.15) is 25.3 Å². The molecule has 21 heavy (non-hydrogen) atoms. The maximum Gasteiger partial charge on any atom is 0.430 e. The number of aryl methyl sites for hydroxylation is 2. The van der Waals surface area contributed by atoms with Crippen molar-refractivity contribution in [1.29, 1.82) is 0 Å². The lowest BCUT2D eigenvalue weighted by atomic mass is 10.2. The van der Waals surface area contributed by atoms with Crippen LogP contribution in [0.2, 0.25) is 0 Å². The third kappa shape index (κ3) is 7.53. The number of pyridine rings is 1. The lowest BCUT2D eigenvalue weighted by molar-refractivity contribution is -0.697. The van der Waals surface area contributed by atoms with Gasteiger partial charge in [-0.1, -0.05) is 13.3 Å². The summed E-state index contributed by atoms with van der Waals surface area (Å²) in [5.41, 5.74) is 2.64. The molecule has 0 aliphatic rings. The summed E-state index contributed by atoms with van der Waals surface area (Å²) < 4.78 is 33.8. The van der Waals surface area contributed by atoms with Crippen LogP contribution in [-0.2, 0) is 11.3 Å². The van der Waals surface area contributed by atoms with Crippen molar-refractivity contribution in [3.05, 3.63) is 24.0 Å². The van der Waals surface area contributed by atoms with Gasteiger partial charge in [-0.25, -0.2) is 4.57 Å². The summed E-state index contributed by atoms with van der Waals surface area (Å²) in [5.74, 6) is -3.01. The SMILES string of the molecule is CCCC[n+]1ccc(N(C)C)c(C)c1.O=C([O-])C(F)(F)F. The Morgan fingerprint density at radius 3 is 2.24 bits per heavy atom. The van der Waals surface area contributed by atoms with Gasteiger partial charge in [0, 0.05) is 32.1 Å². The van der Waals surface area contributed by atoms with Gasteiger partial charge in [-0.15, -0.1) is 0 Å². The molecule has 0 atom stereocenters. The molecule has 7 heteroatoms. The largest absolute Gasteiger partial charge is 0.542 e. The van der Waals surface area contributed by atoms with Gasteiger partial charge >= 0.3 is 6.18 Å². The number of anilines is 1. The lowest BCUT2D eigenvalue weighted by Gasteiger charge is -2.13. The van der Waals surface area contributed by atoms with Crippen LogP contribution >= 0.6 is 0 Å². The molecule has 0 bridgehead atoms. The standard InChI is InChI=1S/C12H21N2.C2HF3O2/c1-5-6-8-14-9-7-12(13(3)4)11(2)10-14;3-2(4,5)1(6)7/h7,9-10H,5-6,8H2,1-4H3;(H,6,7)/q+1;/p-1. The van der Waals surface area contributed by atoms with Crippen molar-refractivity contribution in [2.75, 3.05) is 19.0 Å². The summed E-state index contributed by atoms with van der Waals surface area (Å²) in [7, 11) is 4.16. The van der Waals surface area contributed by atoms with Gasteiger partial charge in [0.05, 0.1) is 5.69 Å². The number of aromatic nitrogens is 1. The fraction of sp³-hybridized carbons (Fsp3) is 0.571. The summed E-state index contributed by atoms with van der Waals surface area (Å²) in [6.45, 7) is 5.52. The van der Waals surface area contributed by atoms with Crippen LogP contribution in [0.15, 0.2) is 18.5 Å². The van der Waals surface area contributed by atoms with E-state index in [1.165, 1.54) is 24.1 Å². The van der Waals surface area contributed by atoms with Crippen LogP contribution in [-0.4, -0.2) is 26.2 Å². The van der Waals surface area contributed by atoms with Gasteiger partial charge in [-0.2, -0.15) is 13.2 Å². The van der Waals surface area contributed by atoms with Crippen molar-refractivity contribution in [3.8, 4) is 0 Å². The zero-order chi connectivity index (χ0) is 16.6. The van der Waals surface area contributed by atoms with E-state index in [-0.39, 0.29) is 0 Å². The number of carbonyl (C=O) groups is 1. The van der Waals surface area contributed by atoms with Gasteiger partial charge in [0.1, 0.15) is 12.5 Å². The fourth-order valence-electron chi connectivity index (χ4n) is 1.64. The third-order valence-corrected chi connectivity index (χ3v) is 2.67. The topological polar surface area (TPSA) is 47.2 Å². The van der Waals surface area contributed by atoms with Gasteiger partial charge in [-0.3, -0.25) is 0 Å². The Labute approximate surface area is 122 Å². The quantitative estimate of drug-likeness (QED) is 0.791. The van der Waals surface area contributed by atoms with E-state index in [9.17, 15) is 13.2 Å². The first-order valence-corrected chi connectivity index (χ1v) is 6.54. The maximum absolute atomic E-state index is 10.5. The molecule has 0 aromatic carbocycles. The summed E-state index contributed by atoms with van der Waals surface area (Å²) >= 11 is 0. The van der Waals surface area contributed by atoms with Crippen molar-refractivity contribution >= 4 is 11.7 Å². The minimum Gasteiger partial charge on any atom is -0.542 e. The molecule has 0 saturated heterocycles. The number of aliphatic carboxylic acids is 1. The van der Waals surface area contributed by atoms with E-state index in [2.05, 4.69) is 55.9 Å². The number of rotatable bonds is 4. The monoisotopic (exact) mass is 306 g/mol. The van der Waals surface area contributed by atoms with Crippen LogP contribution in [0.4, 0.5) is 18.9 Å². The van der Waals surface area contributed by atoms with Crippen molar-refractivity contribution in [2.24, 2.45) is 0 Å². The molecule has 0 saturated carbocycles. The molecule has 0 N–H and O–H groups in total. The zero-order valence-corrected chi connectivity index (χ0v) is 12.7. The summed E-state index contributed by atoms with van der Waals surface area (Å²) in [5, 5.41) is 8.78. The Morgan fingerprint density at radius 2 is 1.90 bits per heavy atom. The predicted octanol–water partition coefficient (Wildman–Crippen LogP) is 1.45. The highest BCUT2D eigenvalue weighted by atomic mass is 19.4. The molecule has 0 unspecified atom stereocenters. The molecule has 0 amide bonds. The summed E-state index contributed by atoms with van der Waals surface area (Å²) in [6.07, 6.45) is 1.70. The van der Waals surface area contributed by atoms with E-state index >= 15 is 0 Å². The molecule has 0 fully saturated rings. The molecule has 0 spiro atoms. The van der Waals surface area contributed by atoms with Crippen LogP contribution < -0.4 is 14.6 Å². The zero-order valence-electron chi connectivity index (χ0n) is 12.7. The van der Waals surface area contributed by atoms with Crippen LogP contribution in [0.25, 0.3) is 0 Å². The first-order valence-electron chi connectivity index (χ1n) is 6.54. The average Bonchev–Trinajstić information content (AvgIpc) is 2.35. The van der Waals surface area contributed by atoms with Crippen LogP contribution in [0.5, 0.6) is 0 Å². The van der Waals surface area contributed by atoms with Gasteiger partial charge in [-0.05, 0) is 6.92 Å². The first-order chi connectivity index (χ1) is 9.59. The normalized spacial score (nSPS) is 10.6. The summed E-state index contributed by atoms with van der Waals surface area (Å²) in [4.78, 5) is 10.9. The number of hydrogen-bond acceptors (Lipinski definition) is 3. The Bertz CT molecular complexity index is 460. The molecule has 0 radical (unpaired) electrons. The summed E-state index contributed by atoms with van der Waals surface area (Å²) in [6, 6.07) is 2.19. The highest BCUT2D eigenvalue weighted by molar-refractivity contribution is 5.70. The van der Waals surface area contributed by atoms with Crippen molar-refractivity contribution in [2.45, 2.75) is 39.4 Å². The molecule has 1 aromatic rings. The number of carboxylic acid groups (broad SMARTS) is 1. The second-order valence-corrected chi connectivity index (χ2v) is 4.78. The van der Waals surface area contributed by atoms with E-state index < -0.39 is 12.1 Å². The van der Waals surface area contributed by atoms with Crippen molar-refractivity contribution in [1.82, 2.24) is 0 Å². The Hall–Kier alpha value is -1.79. The molecule has 1 aromatic heterocycles. The number of carbonyl (C=O) groups excluding carboxylic acids is 1. The second kappa shape index (κ2) is 8.49. The van der Waals surface area contributed by atoms with Crippen LogP contribution in [0, 0.1) is 6.92 Å². The Kier molecular flexibility index (Phi) is 7.76. The average molecular weight is 306 g/mol. The lowest BCUT2D eigenvalue weighted by Crippen LogP contribution is -2.37. The van der Waals surface area contributed by atoms with E-state index in [1.54, 1.807) is 0 Å². The number of alkyl halides is 3. The number of carboxylic acids is 1. The van der Waals surface area contributed by atoms with E-state index in [1.807, 2.05) is 0 Å². The van der Waals surface area contributed by atoms with Gasteiger partial charge in [0.25, 0.3) is 0 Å². The highest BCUT2D eigenvalue weighted by Gasteiger charge is 2.28. The van der Waals surface area contributed by atoms with Gasteiger partial charge < -0.3 is 14.8 Å². The smallest absolute Gasteiger partial charge is 0.430 e. The second-order valence-electron chi connectivity index (χ2n) is 4.78. The minimum absolute atomic E-state index is 1.13. The van der Waals surface area contributed by atoms with Gasteiger partial charge in [0.15, 0.2) is 12.4 Å². The molecule has 1 heterocycles. The number of nitrogens with zero attached hydrogens (tertiary/aromatic N) is 2. The van der Waals surface area contributed by atoms with Gasteiger partial charge in [0.2, 0.25) is 0 Å². The number of halogens is 3. The molecular formula is C14H21F3N2O2. The van der Waals surface area contributed by atoms with E-state index in [4.69, 9.17) is 9.90 Å². The van der Waals surface area contributed by atoms with E-state index in [0.29, 0.717) is 0 Å². The predicted molar refractivity (Wildman–Crippen MR) is 71.7 cm³/mol. The van der Waals surface area contributed by atoms with Crippen molar-refractivity contribution < 1.29 is 27.6 Å². The maximum atomic E-state index is 10.5. The molecule has 0 aliphatic heterocycles. The number of hydrogen-bond donors (Lipinski definition) is 0. The molecule has 4 nitrogen and oxygen atoms in total. The fourth-order valence-corrected chi connectivity index (χ4v) is 1.64. The molecular weight excluding hydrogens is 285 g/mol. The minimum atomic E-state index is -5.19. The molecule has 120 valence electrons. The Morgan fingerprint density at radius 1 is 1.38 bits per heavy atom. The number of unbranched alkanes of at least 4 members (excludes halogenated alkanes) is 1. The van der Waals surface area contributed by atoms with Crippen LogP contribution in [0.3, 0.4) is 0 Å².